The van der Waals surface area contributed by atoms with E-state index in [0.717, 1.165) is 31.7 Å². The van der Waals surface area contributed by atoms with Gasteiger partial charge in [-0.15, -0.1) is 0 Å². The highest BCUT2D eigenvalue weighted by Gasteiger charge is 2.21. The van der Waals surface area contributed by atoms with Crippen LogP contribution in [-0.4, -0.2) is 42.1 Å². The molecule has 0 aliphatic carbocycles. The molecule has 1 aliphatic heterocycles. The number of carbonyl (C=O) groups excluding carboxylic acids is 1. The molecule has 2 aromatic rings. The minimum absolute atomic E-state index is 0.0691. The highest BCUT2D eigenvalue weighted by atomic mass is 16.5. The van der Waals surface area contributed by atoms with Crippen LogP contribution < -0.4 is 15.0 Å². The van der Waals surface area contributed by atoms with E-state index in [1.807, 2.05) is 25.1 Å². The van der Waals surface area contributed by atoms with Gasteiger partial charge >= 0.3 is 0 Å². The Labute approximate surface area is 148 Å². The molecule has 1 amide bonds. The fraction of sp³-hybridized carbons (Fsp3) is 0.421. The molecule has 2 heterocycles. The Hall–Kier alpha value is -2.63. The molecular weight excluding hydrogens is 316 g/mol. The van der Waals surface area contributed by atoms with Crippen molar-refractivity contribution < 1.29 is 9.53 Å². The third kappa shape index (κ3) is 4.47. The minimum atomic E-state index is -0.0691. The average Bonchev–Trinajstić information content (AvgIpc) is 2.68. The van der Waals surface area contributed by atoms with Crippen LogP contribution in [0.2, 0.25) is 0 Å². The summed E-state index contributed by atoms with van der Waals surface area (Å²) in [6.45, 7) is 5.03. The number of para-hydroxylation sites is 1. The van der Waals surface area contributed by atoms with E-state index in [2.05, 4.69) is 20.2 Å². The van der Waals surface area contributed by atoms with Gasteiger partial charge in [-0.1, -0.05) is 12.1 Å². The topological polar surface area (TPSA) is 67.3 Å². The zero-order valence-corrected chi connectivity index (χ0v) is 14.5. The molecule has 0 saturated carbocycles. The van der Waals surface area contributed by atoms with Gasteiger partial charge < -0.3 is 15.0 Å². The SMILES string of the molecule is CCOc1ccccc1C(=O)NCC1CCN(c2cnccn2)CC1. The lowest BCUT2D eigenvalue weighted by atomic mass is 9.96. The van der Waals surface area contributed by atoms with Crippen LogP contribution >= 0.6 is 0 Å². The third-order valence-corrected chi connectivity index (χ3v) is 4.47. The number of carbonyl (C=O) groups is 1. The van der Waals surface area contributed by atoms with E-state index in [1.165, 1.54) is 0 Å². The van der Waals surface area contributed by atoms with Gasteiger partial charge in [-0.25, -0.2) is 4.98 Å². The Kier molecular flexibility index (Phi) is 5.82. The van der Waals surface area contributed by atoms with Crippen molar-refractivity contribution in [2.24, 2.45) is 5.92 Å². The predicted octanol–water partition coefficient (Wildman–Crippen LogP) is 2.52. The molecule has 3 rings (SSSR count). The van der Waals surface area contributed by atoms with Gasteiger partial charge in [0.25, 0.3) is 5.91 Å². The van der Waals surface area contributed by atoms with E-state index in [4.69, 9.17) is 4.74 Å². The fourth-order valence-electron chi connectivity index (χ4n) is 3.09. The van der Waals surface area contributed by atoms with E-state index < -0.39 is 0 Å². The summed E-state index contributed by atoms with van der Waals surface area (Å²) < 4.78 is 5.53. The van der Waals surface area contributed by atoms with Crippen LogP contribution in [0.3, 0.4) is 0 Å². The first kappa shape index (κ1) is 17.2. The summed E-state index contributed by atoms with van der Waals surface area (Å²) in [4.78, 5) is 23.2. The van der Waals surface area contributed by atoms with Gasteiger partial charge in [0, 0.05) is 32.0 Å². The Bertz CT molecular complexity index is 685. The average molecular weight is 340 g/mol. The predicted molar refractivity (Wildman–Crippen MR) is 96.9 cm³/mol. The Balaban J connectivity index is 1.49. The molecule has 132 valence electrons. The zero-order chi connectivity index (χ0) is 17.5. The van der Waals surface area contributed by atoms with Crippen molar-refractivity contribution in [2.75, 3.05) is 31.1 Å². The number of nitrogens with zero attached hydrogens (tertiary/aromatic N) is 3. The van der Waals surface area contributed by atoms with Crippen molar-refractivity contribution >= 4 is 11.7 Å². The number of nitrogens with one attached hydrogen (secondary N) is 1. The van der Waals surface area contributed by atoms with Gasteiger partial charge in [0.1, 0.15) is 11.6 Å². The van der Waals surface area contributed by atoms with E-state index in [9.17, 15) is 4.79 Å². The quantitative estimate of drug-likeness (QED) is 0.875. The van der Waals surface area contributed by atoms with Crippen molar-refractivity contribution in [3.05, 3.63) is 48.4 Å². The number of hydrogen-bond acceptors (Lipinski definition) is 5. The molecule has 1 aromatic heterocycles. The van der Waals surface area contributed by atoms with E-state index in [-0.39, 0.29) is 5.91 Å². The van der Waals surface area contributed by atoms with Crippen molar-refractivity contribution in [1.82, 2.24) is 15.3 Å². The summed E-state index contributed by atoms with van der Waals surface area (Å²) in [5.74, 6) is 1.98. The molecule has 0 unspecified atom stereocenters. The van der Waals surface area contributed by atoms with E-state index in [1.54, 1.807) is 24.7 Å². The largest absolute Gasteiger partial charge is 0.493 e. The highest BCUT2D eigenvalue weighted by Crippen LogP contribution is 2.21. The zero-order valence-electron chi connectivity index (χ0n) is 14.5. The maximum absolute atomic E-state index is 12.4. The number of amides is 1. The molecule has 25 heavy (non-hydrogen) atoms. The molecule has 0 spiro atoms. The third-order valence-electron chi connectivity index (χ3n) is 4.47. The van der Waals surface area contributed by atoms with Crippen LogP contribution in [0.1, 0.15) is 30.1 Å². The van der Waals surface area contributed by atoms with Crippen LogP contribution in [0.5, 0.6) is 5.75 Å². The summed E-state index contributed by atoms with van der Waals surface area (Å²) in [7, 11) is 0. The molecule has 1 fully saturated rings. The van der Waals surface area contributed by atoms with Crippen LogP contribution in [0, 0.1) is 5.92 Å². The van der Waals surface area contributed by atoms with Crippen LogP contribution in [0.15, 0.2) is 42.9 Å². The van der Waals surface area contributed by atoms with E-state index in [0.29, 0.717) is 30.4 Å². The first-order chi connectivity index (χ1) is 12.3. The van der Waals surface area contributed by atoms with Gasteiger partial charge in [0.05, 0.1) is 18.4 Å². The number of benzene rings is 1. The summed E-state index contributed by atoms with van der Waals surface area (Å²) in [6.07, 6.45) is 7.27. The Morgan fingerprint density at radius 3 is 2.80 bits per heavy atom. The lowest BCUT2D eigenvalue weighted by molar-refractivity contribution is 0.0941. The van der Waals surface area contributed by atoms with Gasteiger partial charge in [-0.3, -0.25) is 9.78 Å². The summed E-state index contributed by atoms with van der Waals surface area (Å²) >= 11 is 0. The number of piperidine rings is 1. The van der Waals surface area contributed by atoms with Gasteiger partial charge in [-0.2, -0.15) is 0 Å². The summed E-state index contributed by atoms with van der Waals surface area (Å²) in [5.41, 5.74) is 0.598. The number of rotatable bonds is 6. The smallest absolute Gasteiger partial charge is 0.255 e. The molecular formula is C19H24N4O2. The van der Waals surface area contributed by atoms with Crippen molar-refractivity contribution in [3.8, 4) is 5.75 Å². The van der Waals surface area contributed by atoms with Crippen molar-refractivity contribution in [3.63, 3.8) is 0 Å². The van der Waals surface area contributed by atoms with Crippen LogP contribution in [0.25, 0.3) is 0 Å². The molecule has 0 radical (unpaired) electrons. The highest BCUT2D eigenvalue weighted by molar-refractivity contribution is 5.96. The van der Waals surface area contributed by atoms with Crippen LogP contribution in [0.4, 0.5) is 5.82 Å². The number of hydrogen-bond donors (Lipinski definition) is 1. The molecule has 0 atom stereocenters. The lowest BCUT2D eigenvalue weighted by Gasteiger charge is -2.32. The molecule has 1 aromatic carbocycles. The summed E-state index contributed by atoms with van der Waals surface area (Å²) in [5, 5.41) is 3.06. The number of anilines is 1. The molecule has 1 saturated heterocycles. The second-order valence-corrected chi connectivity index (χ2v) is 6.13. The molecule has 1 aliphatic rings. The van der Waals surface area contributed by atoms with Crippen molar-refractivity contribution in [2.45, 2.75) is 19.8 Å². The second kappa shape index (κ2) is 8.46. The molecule has 0 bridgehead atoms. The Morgan fingerprint density at radius 2 is 2.08 bits per heavy atom. The minimum Gasteiger partial charge on any atom is -0.493 e. The second-order valence-electron chi connectivity index (χ2n) is 6.13. The van der Waals surface area contributed by atoms with E-state index >= 15 is 0 Å². The van der Waals surface area contributed by atoms with Crippen molar-refractivity contribution in [1.29, 1.82) is 0 Å². The first-order valence-electron chi connectivity index (χ1n) is 8.79. The Morgan fingerprint density at radius 1 is 1.28 bits per heavy atom. The fourth-order valence-corrected chi connectivity index (χ4v) is 3.09. The van der Waals surface area contributed by atoms with Gasteiger partial charge in [-0.05, 0) is 37.8 Å². The maximum atomic E-state index is 12.4. The summed E-state index contributed by atoms with van der Waals surface area (Å²) in [6, 6.07) is 7.37. The van der Waals surface area contributed by atoms with Crippen LogP contribution in [-0.2, 0) is 0 Å². The molecule has 6 nitrogen and oxygen atoms in total. The van der Waals surface area contributed by atoms with Gasteiger partial charge in [0.15, 0.2) is 0 Å². The first-order valence-corrected chi connectivity index (χ1v) is 8.79. The lowest BCUT2D eigenvalue weighted by Crippen LogP contribution is -2.39. The maximum Gasteiger partial charge on any atom is 0.255 e. The molecule has 6 heteroatoms. The van der Waals surface area contributed by atoms with Gasteiger partial charge in [0.2, 0.25) is 0 Å². The number of aromatic nitrogens is 2. The normalized spacial score (nSPS) is 15.0. The molecule has 1 N–H and O–H groups in total. The number of ether oxygens (including phenoxy) is 1. The monoisotopic (exact) mass is 340 g/mol. The standard InChI is InChI=1S/C19H24N4O2/c1-2-25-17-6-4-3-5-16(17)19(24)22-13-15-7-11-23(12-8-15)18-14-20-9-10-21-18/h3-6,9-10,14-15H,2,7-8,11-13H2,1H3,(H,22,24).